The molecule has 0 aliphatic carbocycles. The molecule has 132 valence electrons. The number of hydrogen-bond acceptors (Lipinski definition) is 4. The van der Waals surface area contributed by atoms with Crippen molar-refractivity contribution in [1.82, 2.24) is 9.78 Å². The number of nitrogens with one attached hydrogen (secondary N) is 1. The third-order valence-electron chi connectivity index (χ3n) is 3.92. The Bertz CT molecular complexity index is 915. The summed E-state index contributed by atoms with van der Waals surface area (Å²) >= 11 is 0. The quantitative estimate of drug-likeness (QED) is 0.715. The lowest BCUT2D eigenvalue weighted by molar-refractivity contribution is 0.0527. The van der Waals surface area contributed by atoms with Gasteiger partial charge in [0, 0.05) is 12.6 Å². The minimum Gasteiger partial charge on any atom is -0.462 e. The molecule has 0 radical (unpaired) electrons. The van der Waals surface area contributed by atoms with E-state index < -0.39 is 5.97 Å². The zero-order valence-corrected chi connectivity index (χ0v) is 14.6. The zero-order chi connectivity index (χ0) is 18.5. The minimum absolute atomic E-state index is 0.226. The molecule has 0 saturated carbocycles. The number of ether oxygens (including phenoxy) is 1. The van der Waals surface area contributed by atoms with Crippen LogP contribution in [-0.2, 0) is 11.8 Å². The van der Waals surface area contributed by atoms with Gasteiger partial charge in [0.15, 0.2) is 0 Å². The van der Waals surface area contributed by atoms with Crippen molar-refractivity contribution in [2.75, 3.05) is 11.9 Å². The van der Waals surface area contributed by atoms with Gasteiger partial charge in [-0.15, -0.1) is 0 Å². The van der Waals surface area contributed by atoms with Gasteiger partial charge >= 0.3 is 5.97 Å². The van der Waals surface area contributed by atoms with Crippen LogP contribution in [-0.4, -0.2) is 28.3 Å². The van der Waals surface area contributed by atoms with Crippen molar-refractivity contribution in [2.45, 2.75) is 6.92 Å². The summed E-state index contributed by atoms with van der Waals surface area (Å²) in [5.74, 6) is -0.533. The Morgan fingerprint density at radius 2 is 1.69 bits per heavy atom. The Labute approximate surface area is 151 Å². The van der Waals surface area contributed by atoms with Gasteiger partial charge in [-0.2, -0.15) is 5.10 Å². The molecule has 0 aliphatic rings. The Hall–Kier alpha value is -3.41. The predicted octanol–water partition coefficient (Wildman–Crippen LogP) is 3.52. The van der Waals surface area contributed by atoms with Crippen LogP contribution in [0.3, 0.4) is 0 Å². The molecule has 3 rings (SSSR count). The van der Waals surface area contributed by atoms with Crippen LogP contribution in [0.2, 0.25) is 0 Å². The molecule has 2 aromatic carbocycles. The lowest BCUT2D eigenvalue weighted by atomic mass is 10.0. The molecule has 1 heterocycles. The first-order chi connectivity index (χ1) is 12.6. The molecule has 0 spiro atoms. The lowest BCUT2D eigenvalue weighted by Gasteiger charge is -2.09. The second-order valence-electron chi connectivity index (χ2n) is 5.65. The third-order valence-corrected chi connectivity index (χ3v) is 3.92. The number of amides is 1. The van der Waals surface area contributed by atoms with E-state index in [-0.39, 0.29) is 18.1 Å². The average Bonchev–Trinajstić information content (AvgIpc) is 3.03. The molecule has 1 aromatic heterocycles. The van der Waals surface area contributed by atoms with Gasteiger partial charge in [-0.05, 0) is 30.2 Å². The highest BCUT2D eigenvalue weighted by Crippen LogP contribution is 2.21. The molecule has 0 aliphatic heterocycles. The summed E-state index contributed by atoms with van der Waals surface area (Å²) in [6.45, 7) is 1.98. The fourth-order valence-electron chi connectivity index (χ4n) is 2.57. The van der Waals surface area contributed by atoms with Crippen LogP contribution in [0.4, 0.5) is 5.82 Å². The predicted molar refractivity (Wildman–Crippen MR) is 99.0 cm³/mol. The van der Waals surface area contributed by atoms with Gasteiger partial charge in [0.1, 0.15) is 11.4 Å². The van der Waals surface area contributed by atoms with E-state index in [1.165, 1.54) is 10.9 Å². The number of aryl methyl sites for hydroxylation is 1. The van der Waals surface area contributed by atoms with E-state index in [4.69, 9.17) is 4.74 Å². The van der Waals surface area contributed by atoms with Crippen molar-refractivity contribution in [2.24, 2.45) is 7.05 Å². The van der Waals surface area contributed by atoms with Crippen molar-refractivity contribution in [3.05, 3.63) is 71.9 Å². The molecule has 0 saturated heterocycles. The molecule has 0 fully saturated rings. The normalized spacial score (nSPS) is 10.4. The minimum atomic E-state index is -0.518. The number of anilines is 1. The summed E-state index contributed by atoms with van der Waals surface area (Å²) in [7, 11) is 1.65. The number of nitrogens with zero attached hydrogens (tertiary/aromatic N) is 2. The molecule has 3 aromatic rings. The molecule has 1 amide bonds. The van der Waals surface area contributed by atoms with Crippen molar-refractivity contribution in [1.29, 1.82) is 0 Å². The fourth-order valence-corrected chi connectivity index (χ4v) is 2.57. The largest absolute Gasteiger partial charge is 0.462 e. The molecular formula is C20H19N3O3. The van der Waals surface area contributed by atoms with Crippen LogP contribution in [0.25, 0.3) is 11.1 Å². The van der Waals surface area contributed by atoms with Crippen LogP contribution in [0.15, 0.2) is 60.8 Å². The molecule has 0 bridgehead atoms. The molecule has 6 nitrogen and oxygen atoms in total. The number of carbonyl (C=O) groups is 2. The highest BCUT2D eigenvalue weighted by molar-refractivity contribution is 6.07. The van der Waals surface area contributed by atoms with Gasteiger partial charge < -0.3 is 10.1 Å². The second-order valence-corrected chi connectivity index (χ2v) is 5.65. The number of benzene rings is 2. The Kier molecular flexibility index (Phi) is 5.12. The summed E-state index contributed by atoms with van der Waals surface area (Å²) in [5, 5.41) is 6.76. The number of hydrogen-bond donors (Lipinski definition) is 1. The van der Waals surface area contributed by atoms with Gasteiger partial charge in [0.2, 0.25) is 0 Å². The number of rotatable bonds is 5. The monoisotopic (exact) mass is 349 g/mol. The summed E-state index contributed by atoms with van der Waals surface area (Å²) in [4.78, 5) is 24.5. The first kappa shape index (κ1) is 17.4. The van der Waals surface area contributed by atoms with Crippen LogP contribution in [0.1, 0.15) is 27.6 Å². The SMILES string of the molecule is CCOC(=O)c1cnn(C)c1NC(=O)c1ccc(-c2ccccc2)cc1. The molecule has 26 heavy (non-hydrogen) atoms. The van der Waals surface area contributed by atoms with Gasteiger partial charge in [0.05, 0.1) is 12.8 Å². The smallest absolute Gasteiger partial charge is 0.343 e. The van der Waals surface area contributed by atoms with Crippen molar-refractivity contribution >= 4 is 17.7 Å². The fraction of sp³-hybridized carbons (Fsp3) is 0.150. The maximum absolute atomic E-state index is 12.5. The number of esters is 1. The highest BCUT2D eigenvalue weighted by Gasteiger charge is 2.19. The van der Waals surface area contributed by atoms with Crippen LogP contribution in [0, 0.1) is 0 Å². The van der Waals surface area contributed by atoms with Crippen LogP contribution < -0.4 is 5.32 Å². The maximum Gasteiger partial charge on any atom is 0.343 e. The lowest BCUT2D eigenvalue weighted by Crippen LogP contribution is -2.17. The zero-order valence-electron chi connectivity index (χ0n) is 14.6. The molecule has 6 heteroatoms. The third kappa shape index (κ3) is 3.64. The number of carbonyl (C=O) groups excluding carboxylic acids is 2. The summed E-state index contributed by atoms with van der Waals surface area (Å²) in [6, 6.07) is 17.2. The van der Waals surface area contributed by atoms with Crippen LogP contribution >= 0.6 is 0 Å². The van der Waals surface area contributed by atoms with Crippen molar-refractivity contribution in [3.8, 4) is 11.1 Å². The topological polar surface area (TPSA) is 73.2 Å². The van der Waals surface area contributed by atoms with E-state index >= 15 is 0 Å². The van der Waals surface area contributed by atoms with Crippen molar-refractivity contribution in [3.63, 3.8) is 0 Å². The molecule has 0 unspecified atom stereocenters. The summed E-state index contributed by atoms with van der Waals surface area (Å²) < 4.78 is 6.42. The van der Waals surface area contributed by atoms with Gasteiger partial charge in [-0.25, -0.2) is 4.79 Å². The standard InChI is InChI=1S/C20H19N3O3/c1-3-26-20(25)17-13-21-23(2)18(17)22-19(24)16-11-9-15(10-12-16)14-7-5-4-6-8-14/h4-13H,3H2,1-2H3,(H,22,24). The molecule has 0 atom stereocenters. The van der Waals surface area contributed by atoms with Gasteiger partial charge in [0.25, 0.3) is 5.91 Å². The van der Waals surface area contributed by atoms with Crippen molar-refractivity contribution < 1.29 is 14.3 Å². The van der Waals surface area contributed by atoms with Gasteiger partial charge in [-0.1, -0.05) is 42.5 Å². The molecule has 1 N–H and O–H groups in total. The Morgan fingerprint density at radius 3 is 2.35 bits per heavy atom. The van der Waals surface area contributed by atoms with E-state index in [1.54, 1.807) is 26.1 Å². The summed E-state index contributed by atoms with van der Waals surface area (Å²) in [6.07, 6.45) is 1.38. The maximum atomic E-state index is 12.5. The van der Waals surface area contributed by atoms with E-state index in [0.717, 1.165) is 11.1 Å². The van der Waals surface area contributed by atoms with E-state index in [0.29, 0.717) is 11.4 Å². The Morgan fingerprint density at radius 1 is 1.04 bits per heavy atom. The Balaban J connectivity index is 1.79. The highest BCUT2D eigenvalue weighted by atomic mass is 16.5. The summed E-state index contributed by atoms with van der Waals surface area (Å²) in [5.41, 5.74) is 2.81. The molecular weight excluding hydrogens is 330 g/mol. The van der Waals surface area contributed by atoms with E-state index in [1.807, 2.05) is 42.5 Å². The second kappa shape index (κ2) is 7.65. The van der Waals surface area contributed by atoms with E-state index in [9.17, 15) is 9.59 Å². The van der Waals surface area contributed by atoms with Gasteiger partial charge in [-0.3, -0.25) is 9.48 Å². The first-order valence-corrected chi connectivity index (χ1v) is 8.26. The first-order valence-electron chi connectivity index (χ1n) is 8.26. The average molecular weight is 349 g/mol. The number of aromatic nitrogens is 2. The van der Waals surface area contributed by atoms with Crippen LogP contribution in [0.5, 0.6) is 0 Å². The van der Waals surface area contributed by atoms with E-state index in [2.05, 4.69) is 10.4 Å².